The van der Waals surface area contributed by atoms with Gasteiger partial charge in [-0.3, -0.25) is 19.7 Å². The maximum Gasteiger partial charge on any atom is 0.295 e. The summed E-state index contributed by atoms with van der Waals surface area (Å²) < 4.78 is 0.750. The molecule has 0 radical (unpaired) electrons. The molecule has 1 heterocycles. The maximum atomic E-state index is 12.7. The van der Waals surface area contributed by atoms with Gasteiger partial charge in [0.25, 0.3) is 17.4 Å². The maximum absolute atomic E-state index is 12.7. The van der Waals surface area contributed by atoms with Crippen molar-refractivity contribution in [3.05, 3.63) is 79.8 Å². The number of carbonyl (C=O) groups excluding carboxylic acids is 2. The quantitative estimate of drug-likeness (QED) is 0.239. The minimum atomic E-state index is -1.18. The number of benzene rings is 2. The Hall–Kier alpha value is -3.04. The number of rotatable bonds is 5. The summed E-state index contributed by atoms with van der Waals surface area (Å²) in [7, 11) is 0. The highest BCUT2D eigenvalue weighted by molar-refractivity contribution is 9.10. The number of hydrogen-bond acceptors (Lipinski definition) is 6. The Morgan fingerprint density at radius 1 is 1.14 bits per heavy atom. The number of amides is 1. The Labute approximate surface area is 168 Å². The molecule has 0 aliphatic carbocycles. The fraction of sp³-hybridized carbons (Fsp3) is 0.158. The molecular formula is C19H15BrN2O6. The minimum absolute atomic E-state index is 0.0822. The molecule has 0 bridgehead atoms. The molecule has 0 aromatic heterocycles. The zero-order valence-electron chi connectivity index (χ0n) is 14.4. The first-order chi connectivity index (χ1) is 13.4. The first-order valence-electron chi connectivity index (χ1n) is 8.25. The van der Waals surface area contributed by atoms with Gasteiger partial charge < -0.3 is 15.1 Å². The van der Waals surface area contributed by atoms with E-state index < -0.39 is 35.0 Å². The third-order valence-electron chi connectivity index (χ3n) is 4.43. The van der Waals surface area contributed by atoms with Crippen LogP contribution in [0, 0.1) is 10.1 Å². The second-order valence-corrected chi connectivity index (χ2v) is 6.95. The van der Waals surface area contributed by atoms with Crippen molar-refractivity contribution in [2.45, 2.75) is 6.04 Å². The van der Waals surface area contributed by atoms with Crippen molar-refractivity contribution in [2.75, 3.05) is 13.2 Å². The monoisotopic (exact) mass is 446 g/mol. The van der Waals surface area contributed by atoms with Gasteiger partial charge in [0.1, 0.15) is 5.76 Å². The molecular weight excluding hydrogens is 432 g/mol. The van der Waals surface area contributed by atoms with Crippen molar-refractivity contribution < 1.29 is 24.7 Å². The molecule has 2 aromatic carbocycles. The van der Waals surface area contributed by atoms with Gasteiger partial charge in [0.15, 0.2) is 0 Å². The van der Waals surface area contributed by atoms with Crippen LogP contribution in [-0.2, 0) is 9.59 Å². The Bertz CT molecular complexity index is 986. The van der Waals surface area contributed by atoms with Gasteiger partial charge in [-0.05, 0) is 18.2 Å². The fourth-order valence-corrected chi connectivity index (χ4v) is 3.45. The van der Waals surface area contributed by atoms with Crippen molar-refractivity contribution in [3.8, 4) is 0 Å². The van der Waals surface area contributed by atoms with Gasteiger partial charge in [-0.15, -0.1) is 0 Å². The Morgan fingerprint density at radius 3 is 2.39 bits per heavy atom. The van der Waals surface area contributed by atoms with Gasteiger partial charge in [-0.2, -0.15) is 0 Å². The number of aliphatic hydroxyl groups excluding tert-OH is 2. The van der Waals surface area contributed by atoms with Crippen LogP contribution < -0.4 is 0 Å². The average Bonchev–Trinajstić information content (AvgIpc) is 2.93. The van der Waals surface area contributed by atoms with Crippen LogP contribution >= 0.6 is 15.9 Å². The summed E-state index contributed by atoms with van der Waals surface area (Å²) in [6, 6.07) is 10.9. The van der Waals surface area contributed by atoms with Crippen molar-refractivity contribution in [3.63, 3.8) is 0 Å². The number of ketones is 1. The van der Waals surface area contributed by atoms with Gasteiger partial charge >= 0.3 is 0 Å². The number of Topliss-reactive ketones (excluding diaryl/α,β-unsaturated/α-hetero) is 1. The SMILES string of the molecule is O=C1C(=O)N(CCO)C(c2ccccc2[N+](=O)[O-])C1=C(O)c1ccc(Br)cc1. The van der Waals surface area contributed by atoms with E-state index in [0.717, 1.165) is 9.37 Å². The lowest BCUT2D eigenvalue weighted by molar-refractivity contribution is -0.385. The Kier molecular flexibility index (Phi) is 5.57. The third kappa shape index (κ3) is 3.41. The van der Waals surface area contributed by atoms with Gasteiger partial charge in [0, 0.05) is 22.6 Å². The number of aliphatic hydroxyl groups is 2. The standard InChI is InChI=1S/C19H15BrN2O6/c20-12-7-5-11(6-8-12)17(24)15-16(21(9-10-23)19(26)18(15)25)13-3-1-2-4-14(13)22(27)28/h1-8,16,23-24H,9-10H2. The van der Waals surface area contributed by atoms with E-state index in [1.54, 1.807) is 30.3 Å². The number of nitro groups is 1. The number of nitro benzene ring substituents is 1. The second kappa shape index (κ2) is 7.91. The van der Waals surface area contributed by atoms with Crippen molar-refractivity contribution in [2.24, 2.45) is 0 Å². The van der Waals surface area contributed by atoms with E-state index >= 15 is 0 Å². The zero-order valence-corrected chi connectivity index (χ0v) is 16.0. The van der Waals surface area contributed by atoms with Crippen LogP contribution in [0.3, 0.4) is 0 Å². The molecule has 1 aliphatic heterocycles. The number of para-hydroxylation sites is 1. The first kappa shape index (κ1) is 19.7. The van der Waals surface area contributed by atoms with E-state index in [1.165, 1.54) is 18.2 Å². The highest BCUT2D eigenvalue weighted by atomic mass is 79.9. The summed E-state index contributed by atoms with van der Waals surface area (Å²) >= 11 is 3.27. The Balaban J connectivity index is 2.26. The van der Waals surface area contributed by atoms with Crippen LogP contribution in [0.2, 0.25) is 0 Å². The number of halogens is 1. The highest BCUT2D eigenvalue weighted by Gasteiger charge is 2.47. The molecule has 2 N–H and O–H groups in total. The van der Waals surface area contributed by atoms with Crippen LogP contribution in [-0.4, -0.2) is 44.9 Å². The summed E-state index contributed by atoms with van der Waals surface area (Å²) in [5, 5.41) is 31.6. The molecule has 9 heteroatoms. The molecule has 1 amide bonds. The van der Waals surface area contributed by atoms with Crippen molar-refractivity contribution >= 4 is 39.1 Å². The topological polar surface area (TPSA) is 121 Å². The normalized spacial score (nSPS) is 18.5. The number of β-amino-alcohol motifs (C(OH)–C–C–N with tert-alkyl or cyclic N) is 1. The largest absolute Gasteiger partial charge is 0.507 e. The average molecular weight is 447 g/mol. The first-order valence-corrected chi connectivity index (χ1v) is 9.04. The zero-order chi connectivity index (χ0) is 20.4. The molecule has 1 unspecified atom stereocenters. The predicted molar refractivity (Wildman–Crippen MR) is 103 cm³/mol. The highest BCUT2D eigenvalue weighted by Crippen LogP contribution is 2.42. The van der Waals surface area contributed by atoms with Crippen LogP contribution in [0.4, 0.5) is 5.69 Å². The second-order valence-electron chi connectivity index (χ2n) is 6.04. The predicted octanol–water partition coefficient (Wildman–Crippen LogP) is 2.77. The fourth-order valence-electron chi connectivity index (χ4n) is 3.19. The molecule has 1 aliphatic rings. The molecule has 0 saturated carbocycles. The van der Waals surface area contributed by atoms with E-state index in [2.05, 4.69) is 15.9 Å². The van der Waals surface area contributed by atoms with E-state index in [1.807, 2.05) is 0 Å². The number of nitrogens with zero attached hydrogens (tertiary/aromatic N) is 2. The molecule has 3 rings (SSSR count). The number of hydrogen-bond donors (Lipinski definition) is 2. The van der Waals surface area contributed by atoms with E-state index in [4.69, 9.17) is 0 Å². The van der Waals surface area contributed by atoms with Crippen LogP contribution in [0.1, 0.15) is 17.2 Å². The van der Waals surface area contributed by atoms with Gasteiger partial charge in [-0.1, -0.05) is 40.2 Å². The van der Waals surface area contributed by atoms with Gasteiger partial charge in [0.2, 0.25) is 0 Å². The number of carbonyl (C=O) groups is 2. The molecule has 1 fully saturated rings. The van der Waals surface area contributed by atoms with E-state index in [0.29, 0.717) is 0 Å². The van der Waals surface area contributed by atoms with Gasteiger partial charge in [-0.25, -0.2) is 0 Å². The van der Waals surface area contributed by atoms with Crippen LogP contribution in [0.15, 0.2) is 58.6 Å². The summed E-state index contributed by atoms with van der Waals surface area (Å²) in [6.07, 6.45) is 0. The molecule has 0 spiro atoms. The van der Waals surface area contributed by atoms with Crippen LogP contribution in [0.25, 0.3) is 5.76 Å². The van der Waals surface area contributed by atoms with Crippen molar-refractivity contribution in [1.82, 2.24) is 4.90 Å². The van der Waals surface area contributed by atoms with E-state index in [-0.39, 0.29) is 28.9 Å². The summed E-state index contributed by atoms with van der Waals surface area (Å²) in [4.78, 5) is 37.1. The Morgan fingerprint density at radius 2 is 1.79 bits per heavy atom. The van der Waals surface area contributed by atoms with E-state index in [9.17, 15) is 29.9 Å². The summed E-state index contributed by atoms with van der Waals surface area (Å²) in [6.45, 7) is -0.652. The minimum Gasteiger partial charge on any atom is -0.507 e. The molecule has 1 saturated heterocycles. The molecule has 8 nitrogen and oxygen atoms in total. The lowest BCUT2D eigenvalue weighted by Crippen LogP contribution is -2.32. The molecule has 2 aromatic rings. The summed E-state index contributed by atoms with van der Waals surface area (Å²) in [5.74, 6) is -2.33. The van der Waals surface area contributed by atoms with Gasteiger partial charge in [0.05, 0.1) is 28.7 Å². The molecule has 144 valence electrons. The summed E-state index contributed by atoms with van der Waals surface area (Å²) in [5.41, 5.74) is -0.179. The lowest BCUT2D eigenvalue weighted by Gasteiger charge is -2.24. The third-order valence-corrected chi connectivity index (χ3v) is 4.96. The smallest absolute Gasteiger partial charge is 0.295 e. The van der Waals surface area contributed by atoms with Crippen molar-refractivity contribution in [1.29, 1.82) is 0 Å². The molecule has 1 atom stereocenters. The van der Waals surface area contributed by atoms with Crippen LogP contribution in [0.5, 0.6) is 0 Å². The molecule has 28 heavy (non-hydrogen) atoms. The number of likely N-dealkylation sites (tertiary alicyclic amines) is 1. The lowest BCUT2D eigenvalue weighted by atomic mass is 9.94.